The zero-order valence-electron chi connectivity index (χ0n) is 34.4. The summed E-state index contributed by atoms with van der Waals surface area (Å²) in [7, 11) is 1.78. The van der Waals surface area contributed by atoms with Gasteiger partial charge in [-0.25, -0.2) is 9.18 Å². The van der Waals surface area contributed by atoms with E-state index in [9.17, 15) is 51.1 Å². The van der Waals surface area contributed by atoms with Gasteiger partial charge in [-0.2, -0.15) is 13.2 Å². The van der Waals surface area contributed by atoms with Gasteiger partial charge in [0.25, 0.3) is 0 Å². The molecule has 0 radical (unpaired) electrons. The maximum absolute atomic E-state index is 14.8. The first-order valence-electron chi connectivity index (χ1n) is 20.4. The summed E-state index contributed by atoms with van der Waals surface area (Å²) in [6.07, 6.45) is -4.98. The minimum absolute atomic E-state index is 0.00199. The summed E-state index contributed by atoms with van der Waals surface area (Å²) in [6.45, 7) is 5.12. The molecule has 4 fully saturated rings. The molecule has 330 valence electrons. The summed E-state index contributed by atoms with van der Waals surface area (Å²) in [5, 5.41) is 7.74. The molecule has 15 nitrogen and oxygen atoms in total. The van der Waals surface area contributed by atoms with Crippen LogP contribution in [0.1, 0.15) is 55.4 Å². The summed E-state index contributed by atoms with van der Waals surface area (Å²) in [4.78, 5) is 104. The number of aryl methyl sites for hydroxylation is 1. The number of hydrogen-bond donors (Lipinski definition) is 3. The SMILES string of the molecule is Cc1ccc(CC(=O)N[C@@H](Cc2cccc(C(F)(F)F)c2)C(=O)N[C@H]2COC(=O)[C@@H]3C[C@@H](C)CN3C(=O)[C@H](C)NC(=O)[C@@H]3CN(C)CCN3C(=O)[C@@H]3CCCN3C2=O)c(F)c1. The van der Waals surface area contributed by atoms with E-state index in [0.29, 0.717) is 18.5 Å². The van der Waals surface area contributed by atoms with E-state index < -0.39 is 115 Å². The van der Waals surface area contributed by atoms with Crippen molar-refractivity contribution in [1.82, 2.24) is 35.6 Å². The Morgan fingerprint density at radius 1 is 0.902 bits per heavy atom. The number of rotatable bonds is 7. The highest BCUT2D eigenvalue weighted by atomic mass is 19.4. The maximum atomic E-state index is 14.8. The Morgan fingerprint density at radius 2 is 1.64 bits per heavy atom. The Hall–Kier alpha value is -5.59. The number of cyclic esters (lactones) is 1. The smallest absolute Gasteiger partial charge is 0.416 e. The van der Waals surface area contributed by atoms with Crippen molar-refractivity contribution in [1.29, 1.82) is 0 Å². The Morgan fingerprint density at radius 3 is 2.36 bits per heavy atom. The van der Waals surface area contributed by atoms with Gasteiger partial charge in [0.2, 0.25) is 35.4 Å². The fourth-order valence-electron chi connectivity index (χ4n) is 8.46. The van der Waals surface area contributed by atoms with Crippen LogP contribution in [0, 0.1) is 18.7 Å². The predicted octanol–water partition coefficient (Wildman–Crippen LogP) is 1.34. The molecular weight excluding hydrogens is 806 g/mol. The highest BCUT2D eigenvalue weighted by Crippen LogP contribution is 2.30. The minimum Gasteiger partial charge on any atom is -0.461 e. The number of alkyl halides is 3. The molecule has 4 aliphatic heterocycles. The number of fused-ring (bicyclic) bond motifs is 3. The van der Waals surface area contributed by atoms with E-state index in [1.54, 1.807) is 20.0 Å². The molecule has 3 N–H and O–H groups in total. The van der Waals surface area contributed by atoms with Crippen LogP contribution < -0.4 is 16.0 Å². The second-order valence-corrected chi connectivity index (χ2v) is 16.6. The van der Waals surface area contributed by atoms with Crippen molar-refractivity contribution in [3.05, 3.63) is 70.5 Å². The second kappa shape index (κ2) is 18.6. The van der Waals surface area contributed by atoms with Crippen molar-refractivity contribution in [2.24, 2.45) is 5.92 Å². The first-order valence-corrected chi connectivity index (χ1v) is 20.4. The van der Waals surface area contributed by atoms with Gasteiger partial charge in [0.1, 0.15) is 48.7 Å². The number of likely N-dealkylation sites (N-methyl/N-ethyl adjacent to an activating group) is 1. The van der Waals surface area contributed by atoms with Gasteiger partial charge in [-0.1, -0.05) is 37.3 Å². The quantitative estimate of drug-likeness (QED) is 0.274. The van der Waals surface area contributed by atoms with Gasteiger partial charge in [-0.3, -0.25) is 28.8 Å². The van der Waals surface area contributed by atoms with Crippen LogP contribution in [-0.4, -0.2) is 144 Å². The average Bonchev–Trinajstić information content (AvgIpc) is 3.86. The van der Waals surface area contributed by atoms with E-state index in [1.165, 1.54) is 39.8 Å². The van der Waals surface area contributed by atoms with Gasteiger partial charge in [-0.05, 0) is 74.9 Å². The highest BCUT2D eigenvalue weighted by molar-refractivity contribution is 5.98. The van der Waals surface area contributed by atoms with Gasteiger partial charge in [-0.15, -0.1) is 0 Å². The van der Waals surface area contributed by atoms with Crippen molar-refractivity contribution in [3.63, 3.8) is 0 Å². The first-order chi connectivity index (χ1) is 28.8. The van der Waals surface area contributed by atoms with Crippen molar-refractivity contribution in [2.75, 3.05) is 46.4 Å². The van der Waals surface area contributed by atoms with Crippen LogP contribution in [0.4, 0.5) is 17.6 Å². The van der Waals surface area contributed by atoms with E-state index >= 15 is 0 Å². The number of piperazine rings is 1. The van der Waals surface area contributed by atoms with Crippen LogP contribution in [0.2, 0.25) is 0 Å². The Labute approximate surface area is 350 Å². The largest absolute Gasteiger partial charge is 0.461 e. The van der Waals surface area contributed by atoms with E-state index in [-0.39, 0.29) is 56.1 Å². The number of hydrogen-bond acceptors (Lipinski definition) is 9. The number of halogens is 4. The van der Waals surface area contributed by atoms with Gasteiger partial charge >= 0.3 is 12.1 Å². The fourth-order valence-corrected chi connectivity index (χ4v) is 8.46. The molecule has 0 unspecified atom stereocenters. The van der Waals surface area contributed by atoms with E-state index in [4.69, 9.17) is 4.74 Å². The lowest BCUT2D eigenvalue weighted by Crippen LogP contribution is -2.65. The molecule has 4 aliphatic rings. The Bertz CT molecular complexity index is 2050. The van der Waals surface area contributed by atoms with E-state index in [0.717, 1.165) is 18.2 Å². The molecule has 0 aromatic heterocycles. The molecule has 2 aromatic carbocycles. The molecule has 6 amide bonds. The van der Waals surface area contributed by atoms with E-state index in [1.807, 2.05) is 11.8 Å². The normalized spacial score (nSPS) is 26.2. The molecule has 4 saturated heterocycles. The van der Waals surface area contributed by atoms with Crippen LogP contribution in [0.15, 0.2) is 42.5 Å². The highest BCUT2D eigenvalue weighted by Gasteiger charge is 2.46. The van der Waals surface area contributed by atoms with Crippen molar-refractivity contribution < 1.29 is 55.9 Å². The summed E-state index contributed by atoms with van der Waals surface area (Å²) in [5.74, 6) is -6.12. The summed E-state index contributed by atoms with van der Waals surface area (Å²) < 4.78 is 61.6. The number of nitrogens with zero attached hydrogens (tertiary/aromatic N) is 4. The zero-order chi connectivity index (χ0) is 44.3. The van der Waals surface area contributed by atoms with Gasteiger partial charge < -0.3 is 40.3 Å². The number of benzene rings is 2. The molecule has 4 heterocycles. The fraction of sp³-hybridized carbons (Fsp3) is 0.548. The molecule has 19 heteroatoms. The Kier molecular flexibility index (Phi) is 13.7. The second-order valence-electron chi connectivity index (χ2n) is 16.6. The van der Waals surface area contributed by atoms with Crippen molar-refractivity contribution in [3.8, 4) is 0 Å². The summed E-state index contributed by atoms with van der Waals surface area (Å²) >= 11 is 0. The molecule has 0 bridgehead atoms. The topological polar surface area (TPSA) is 178 Å². The number of carbonyl (C=O) groups excluding carboxylic acids is 7. The van der Waals surface area contributed by atoms with Gasteiger partial charge in [0.15, 0.2) is 0 Å². The molecular formula is C42H51F4N7O8. The first kappa shape index (κ1) is 44.9. The molecule has 0 saturated carbocycles. The minimum atomic E-state index is -4.73. The molecule has 6 rings (SSSR count). The summed E-state index contributed by atoms with van der Waals surface area (Å²) in [5.41, 5.74) is -0.424. The number of nitrogens with one attached hydrogen (secondary N) is 3. The van der Waals surface area contributed by atoms with Gasteiger partial charge in [0.05, 0.1) is 12.0 Å². The van der Waals surface area contributed by atoms with Gasteiger partial charge in [0, 0.05) is 39.1 Å². The molecule has 0 spiro atoms. The third kappa shape index (κ3) is 10.5. The van der Waals surface area contributed by atoms with Crippen LogP contribution in [0.5, 0.6) is 0 Å². The number of ether oxygens (including phenoxy) is 1. The zero-order valence-corrected chi connectivity index (χ0v) is 34.4. The van der Waals surface area contributed by atoms with Crippen molar-refractivity contribution >= 4 is 41.4 Å². The van der Waals surface area contributed by atoms with E-state index in [2.05, 4.69) is 16.0 Å². The van der Waals surface area contributed by atoms with Crippen LogP contribution >= 0.6 is 0 Å². The standard InChI is InChI=1S/C42H51F4N7O8/c1-23-10-11-27(29(43)15-23)19-35(54)48-30(18-26-7-5-8-28(17-26)42(44,45)46)36(55)49-31-22-61-41(60)33-16-24(2)20-53(33)38(57)25(3)47-37(56)34-21-50(4)13-14-52(34)40(59)32-9-6-12-51(32)39(31)58/h5,7-8,10-11,15,17,24-25,30-34H,6,9,12-14,16,18-22H2,1-4H3,(H,47,56)(H,48,54)(H,49,55)/t24-,25+,30+,31+,32+,33+,34+/m1/s1. The lowest BCUT2D eigenvalue weighted by Gasteiger charge is -2.42. The molecule has 7 atom stereocenters. The maximum Gasteiger partial charge on any atom is 0.416 e. The number of carbonyl (C=O) groups is 7. The molecule has 2 aromatic rings. The van der Waals surface area contributed by atoms with Crippen LogP contribution in [0.3, 0.4) is 0 Å². The average molecular weight is 858 g/mol. The summed E-state index contributed by atoms with van der Waals surface area (Å²) in [6, 6.07) is 0.727. The predicted molar refractivity (Wildman–Crippen MR) is 209 cm³/mol. The molecule has 0 aliphatic carbocycles. The third-order valence-electron chi connectivity index (χ3n) is 11.7. The van der Waals surface area contributed by atoms with Crippen molar-refractivity contribution in [2.45, 2.75) is 95.3 Å². The number of esters is 1. The number of amides is 6. The molecule has 61 heavy (non-hydrogen) atoms. The Balaban J connectivity index is 1.33. The lowest BCUT2D eigenvalue weighted by atomic mass is 10.0. The van der Waals surface area contributed by atoms with Crippen LogP contribution in [-0.2, 0) is 57.3 Å². The third-order valence-corrected chi connectivity index (χ3v) is 11.7. The lowest BCUT2D eigenvalue weighted by molar-refractivity contribution is -0.158. The monoisotopic (exact) mass is 857 g/mol. The van der Waals surface area contributed by atoms with Crippen LogP contribution in [0.25, 0.3) is 0 Å².